The second kappa shape index (κ2) is 25.5. The van der Waals surface area contributed by atoms with Crippen LogP contribution in [0.2, 0.25) is 0 Å². The van der Waals surface area contributed by atoms with Crippen molar-refractivity contribution in [3.63, 3.8) is 0 Å². The molecule has 0 aliphatic carbocycles. The van der Waals surface area contributed by atoms with E-state index in [1.807, 2.05) is 6.08 Å². The van der Waals surface area contributed by atoms with Crippen molar-refractivity contribution in [1.29, 1.82) is 0 Å². The quantitative estimate of drug-likeness (QED) is 0.0256. The number of amides is 1. The van der Waals surface area contributed by atoms with E-state index in [-0.39, 0.29) is 29.7 Å². The minimum absolute atomic E-state index is 0.0363. The minimum atomic E-state index is -1.83. The molecule has 4 rings (SSSR count). The first-order chi connectivity index (χ1) is 28.9. The van der Waals surface area contributed by atoms with Gasteiger partial charge in [-0.3, -0.25) is 14.9 Å². The Balaban J connectivity index is 1.33. The number of aliphatic hydroxyl groups is 8. The number of anilines is 1. The Kier molecular flexibility index (Phi) is 20.9. The number of benzene rings is 1. The van der Waals surface area contributed by atoms with Crippen LogP contribution < -0.4 is 10.6 Å². The summed E-state index contributed by atoms with van der Waals surface area (Å²) in [6.45, 7) is 0.278. The van der Waals surface area contributed by atoms with Gasteiger partial charge in [0.15, 0.2) is 18.1 Å². The highest BCUT2D eigenvalue weighted by Gasteiger charge is 2.51. The van der Waals surface area contributed by atoms with Gasteiger partial charge >= 0.3 is 5.69 Å². The van der Waals surface area contributed by atoms with Crippen LogP contribution in [0.3, 0.4) is 0 Å². The third-order valence-electron chi connectivity index (χ3n) is 10.7. The van der Waals surface area contributed by atoms with Crippen LogP contribution in [0.5, 0.6) is 0 Å². The van der Waals surface area contributed by atoms with Gasteiger partial charge in [-0.05, 0) is 29.2 Å². The van der Waals surface area contributed by atoms with Crippen molar-refractivity contribution in [2.75, 3.05) is 31.7 Å². The summed E-state index contributed by atoms with van der Waals surface area (Å²) in [5.41, 5.74) is 0.0699. The first kappa shape index (κ1) is 49.2. The van der Waals surface area contributed by atoms with Crippen LogP contribution >= 0.6 is 0 Å². The van der Waals surface area contributed by atoms with Crippen molar-refractivity contribution in [3.05, 3.63) is 34.4 Å². The van der Waals surface area contributed by atoms with Gasteiger partial charge in [-0.2, -0.15) is 0 Å². The number of unbranched alkanes of at least 4 members (excludes halogenated alkanes) is 11. The van der Waals surface area contributed by atoms with E-state index < -0.39 is 104 Å². The number of fused-ring (bicyclic) bond motifs is 1. The predicted octanol–water partition coefficient (Wildman–Crippen LogP) is 0.677. The van der Waals surface area contributed by atoms with Gasteiger partial charge in [-0.1, -0.05) is 83.3 Å². The van der Waals surface area contributed by atoms with E-state index in [0.29, 0.717) is 12.1 Å². The summed E-state index contributed by atoms with van der Waals surface area (Å²) >= 11 is 0. The Morgan fingerprint density at radius 3 is 2.12 bits per heavy atom. The Morgan fingerprint density at radius 2 is 1.47 bits per heavy atom. The lowest BCUT2D eigenvalue weighted by atomic mass is 9.97. The number of rotatable bonds is 27. The number of nitrogens with zero attached hydrogens (tertiary/aromatic N) is 3. The maximum absolute atomic E-state index is 13.2. The molecule has 1 aromatic carbocycles. The molecular weight excluding hydrogens is 794 g/mol. The largest absolute Gasteiger partial charge is 0.394 e. The average molecular weight is 858 g/mol. The van der Waals surface area contributed by atoms with Gasteiger partial charge in [-0.25, -0.2) is 4.63 Å². The van der Waals surface area contributed by atoms with Crippen molar-refractivity contribution in [3.8, 4) is 0 Å². The Hall–Kier alpha value is -3.45. The number of allylic oxidation sites excluding steroid dienone is 1. The number of hydrogen-bond donors (Lipinski definition) is 10. The van der Waals surface area contributed by atoms with E-state index in [0.717, 1.165) is 19.3 Å². The minimum Gasteiger partial charge on any atom is -0.394 e. The molecule has 0 radical (unpaired) electrons. The zero-order valence-electron chi connectivity index (χ0n) is 33.9. The molecule has 2 fully saturated rings. The van der Waals surface area contributed by atoms with Crippen LogP contribution in [-0.2, 0) is 23.7 Å². The molecule has 2 saturated heterocycles. The standard InChI is InChI=1S/C39H63N5O16/c1-2-3-4-5-6-7-8-9-10-11-12-13-14-15-26(47)24(41-29(48)18-19-40-23-16-17-25(44(54)55)31-30(23)42-60-43-31)22-56-38-36(53)34(51)37(28(21-46)58-38)59-39-35(52)33(50)32(49)27(20-45)57-39/h14-17,24,26-28,32-40,45-47,49-53H,2-13,18-22H2,1H3,(H,41,48)/b15-14+/t24-,26+,27?,28?,32-,33-,34+,35?,36?,37+,38+,39-/m0/s1. The molecule has 1 aromatic heterocycles. The zero-order chi connectivity index (χ0) is 43.6. The van der Waals surface area contributed by atoms with Gasteiger partial charge in [0, 0.05) is 19.0 Å². The zero-order valence-corrected chi connectivity index (χ0v) is 33.9. The van der Waals surface area contributed by atoms with Gasteiger partial charge in [0.2, 0.25) is 11.4 Å². The number of nitro benzene ring substituents is 1. The number of non-ortho nitro benzene ring substituents is 1. The van der Waals surface area contributed by atoms with Gasteiger partial charge in [-0.15, -0.1) is 0 Å². The predicted molar refractivity (Wildman–Crippen MR) is 212 cm³/mol. The maximum atomic E-state index is 13.2. The third-order valence-corrected chi connectivity index (χ3v) is 10.7. The van der Waals surface area contributed by atoms with E-state index in [4.69, 9.17) is 18.9 Å². The third kappa shape index (κ3) is 14.0. The second-order valence-corrected chi connectivity index (χ2v) is 15.3. The van der Waals surface area contributed by atoms with Crippen LogP contribution in [0.15, 0.2) is 28.9 Å². The lowest BCUT2D eigenvalue weighted by Gasteiger charge is -2.46. The second-order valence-electron chi connectivity index (χ2n) is 15.3. The van der Waals surface area contributed by atoms with Gasteiger partial charge < -0.3 is 70.4 Å². The van der Waals surface area contributed by atoms with Crippen LogP contribution in [0.25, 0.3) is 11.0 Å². The highest BCUT2D eigenvalue weighted by molar-refractivity contribution is 5.93. The molecule has 60 heavy (non-hydrogen) atoms. The number of nitro groups is 1. The average Bonchev–Trinajstić information content (AvgIpc) is 3.74. The fourth-order valence-electron chi connectivity index (χ4n) is 7.15. The number of carbonyl (C=O) groups excluding carboxylic acids is 1. The number of ether oxygens (including phenoxy) is 4. The number of carbonyl (C=O) groups is 1. The van der Waals surface area contributed by atoms with Crippen molar-refractivity contribution >= 4 is 28.3 Å². The van der Waals surface area contributed by atoms with E-state index in [2.05, 4.69) is 32.5 Å². The van der Waals surface area contributed by atoms with Crippen LogP contribution in [0.4, 0.5) is 11.4 Å². The van der Waals surface area contributed by atoms with Gasteiger partial charge in [0.25, 0.3) is 0 Å². The number of aliphatic hydroxyl groups excluding tert-OH is 8. The fraction of sp³-hybridized carbons (Fsp3) is 0.769. The molecule has 3 heterocycles. The molecule has 2 aliphatic heterocycles. The number of nitrogens with one attached hydrogen (secondary N) is 2. The normalized spacial score (nSPS) is 28.2. The molecule has 12 atom stereocenters. The molecule has 21 nitrogen and oxygen atoms in total. The lowest BCUT2D eigenvalue weighted by Crippen LogP contribution is -2.65. The molecule has 21 heteroatoms. The van der Waals surface area contributed by atoms with Crippen molar-refractivity contribution in [1.82, 2.24) is 15.6 Å². The summed E-state index contributed by atoms with van der Waals surface area (Å²) in [6, 6.07) is 1.54. The van der Waals surface area contributed by atoms with Crippen molar-refractivity contribution in [2.45, 2.75) is 164 Å². The molecule has 1 amide bonds. The van der Waals surface area contributed by atoms with E-state index in [9.17, 15) is 55.8 Å². The Morgan fingerprint density at radius 1 is 0.850 bits per heavy atom. The summed E-state index contributed by atoms with van der Waals surface area (Å²) in [6.07, 6.45) is -0.827. The molecule has 0 spiro atoms. The first-order valence-corrected chi connectivity index (χ1v) is 20.9. The molecule has 0 saturated carbocycles. The molecule has 10 N–H and O–H groups in total. The summed E-state index contributed by atoms with van der Waals surface area (Å²) in [7, 11) is 0. The van der Waals surface area contributed by atoms with Gasteiger partial charge in [0.1, 0.15) is 48.8 Å². The van der Waals surface area contributed by atoms with Crippen LogP contribution in [0.1, 0.15) is 90.4 Å². The highest BCUT2D eigenvalue weighted by Crippen LogP contribution is 2.31. The van der Waals surface area contributed by atoms with Crippen LogP contribution in [0, 0.1) is 10.1 Å². The van der Waals surface area contributed by atoms with Crippen LogP contribution in [-0.4, -0.2) is 162 Å². The summed E-state index contributed by atoms with van der Waals surface area (Å²) in [5, 5.41) is 108. The Labute approximate surface area is 347 Å². The summed E-state index contributed by atoms with van der Waals surface area (Å²) in [5.74, 6) is -0.531. The Bertz CT molecular complexity index is 1600. The van der Waals surface area contributed by atoms with E-state index in [1.54, 1.807) is 0 Å². The topological polar surface area (TPSA) is 322 Å². The summed E-state index contributed by atoms with van der Waals surface area (Å²) < 4.78 is 27.1. The lowest BCUT2D eigenvalue weighted by molar-refractivity contribution is -0.383. The highest BCUT2D eigenvalue weighted by atomic mass is 16.7. The van der Waals surface area contributed by atoms with Gasteiger partial charge in [0.05, 0.1) is 42.6 Å². The van der Waals surface area contributed by atoms with Crippen molar-refractivity contribution < 1.29 is 74.1 Å². The van der Waals surface area contributed by atoms with Crippen molar-refractivity contribution in [2.24, 2.45) is 0 Å². The SMILES string of the molecule is CCCCCCCCCCCCC/C=C/[C@@H](O)[C@H](CO[C@@H]1OC(CO)[C@@H](O[C@@H]2OC(CO)[C@H](O)[C@H](O)C2O)[C@H](O)C1O)NC(=O)CCNc1ccc([N+](=O)[O-])c2nonc12. The summed E-state index contributed by atoms with van der Waals surface area (Å²) in [4.78, 5) is 23.9. The molecule has 2 aliphatic rings. The first-order valence-electron chi connectivity index (χ1n) is 20.9. The van der Waals surface area contributed by atoms with E-state index >= 15 is 0 Å². The smallest absolute Gasteiger partial charge is 0.300 e. The molecular formula is C39H63N5O16. The maximum Gasteiger partial charge on any atom is 0.300 e. The number of aromatic nitrogens is 2. The molecule has 2 aromatic rings. The number of hydrogen-bond acceptors (Lipinski definition) is 19. The van der Waals surface area contributed by atoms with E-state index in [1.165, 1.54) is 69.6 Å². The monoisotopic (exact) mass is 857 g/mol. The molecule has 4 unspecified atom stereocenters. The molecule has 340 valence electrons. The fourth-order valence-corrected chi connectivity index (χ4v) is 7.15. The molecule has 0 bridgehead atoms.